The van der Waals surface area contributed by atoms with Crippen LogP contribution in [0.3, 0.4) is 0 Å². The molecule has 0 heterocycles. The van der Waals surface area contributed by atoms with E-state index in [1.807, 2.05) is 0 Å². The molecular weight excluding hydrogens is 268 g/mol. The van der Waals surface area contributed by atoms with Gasteiger partial charge in [0.15, 0.2) is 0 Å². The summed E-state index contributed by atoms with van der Waals surface area (Å²) in [6.45, 7) is 1.59. The Bertz CT molecular complexity index is 374. The van der Waals surface area contributed by atoms with E-state index < -0.39 is 11.2 Å². The van der Waals surface area contributed by atoms with Crippen LogP contribution in [0.1, 0.15) is 6.92 Å². The molecule has 1 aromatic carbocycles. The number of aliphatic hydroxyl groups is 2. The predicted molar refractivity (Wildman–Crippen MR) is 67.2 cm³/mol. The van der Waals surface area contributed by atoms with Crippen molar-refractivity contribution in [3.63, 3.8) is 0 Å². The molecule has 6 heteroatoms. The minimum absolute atomic E-state index is 0.160. The van der Waals surface area contributed by atoms with Gasteiger partial charge in [0, 0.05) is 12.0 Å². The monoisotopic (exact) mass is 281 g/mol. The zero-order valence-corrected chi connectivity index (χ0v) is 10.8. The van der Waals surface area contributed by atoms with Crippen LogP contribution in [0.2, 0.25) is 10.0 Å². The Balaban J connectivity index is 2.83. The molecule has 0 aliphatic rings. The lowest BCUT2D eigenvalue weighted by molar-refractivity contribution is 0.0806. The van der Waals surface area contributed by atoms with E-state index in [-0.39, 0.29) is 29.8 Å². The van der Waals surface area contributed by atoms with Gasteiger partial charge in [-0.05, 0) is 12.1 Å². The maximum Gasteiger partial charge on any atom is 0.126 e. The number of benzene rings is 1. The van der Waals surface area contributed by atoms with Crippen molar-refractivity contribution < 1.29 is 14.6 Å². The van der Waals surface area contributed by atoms with Gasteiger partial charge in [-0.1, -0.05) is 30.1 Å². The van der Waals surface area contributed by atoms with Gasteiger partial charge in [-0.15, -0.1) is 0 Å². The van der Waals surface area contributed by atoms with Gasteiger partial charge < -0.3 is 15.5 Å². The topological polar surface area (TPSA) is 52.5 Å². The van der Waals surface area contributed by atoms with E-state index >= 15 is 0 Å². The van der Waals surface area contributed by atoms with Crippen molar-refractivity contribution in [2.45, 2.75) is 6.92 Å². The summed E-state index contributed by atoms with van der Waals surface area (Å²) >= 11 is 11.7. The van der Waals surface area contributed by atoms with Gasteiger partial charge in [0.2, 0.25) is 0 Å². The summed E-state index contributed by atoms with van der Waals surface area (Å²) in [7, 11) is 0. The molecule has 17 heavy (non-hydrogen) atoms. The zero-order chi connectivity index (χ0) is 13.1. The van der Waals surface area contributed by atoms with Crippen LogP contribution < -0.4 is 5.32 Å². The molecule has 0 aromatic heterocycles. The summed E-state index contributed by atoms with van der Waals surface area (Å²) in [6, 6.07) is 2.29. The van der Waals surface area contributed by atoms with Gasteiger partial charge in [0.1, 0.15) is 5.82 Å². The molecule has 0 unspecified atom stereocenters. The van der Waals surface area contributed by atoms with Crippen LogP contribution in [-0.4, -0.2) is 30.0 Å². The molecule has 0 aliphatic carbocycles. The van der Waals surface area contributed by atoms with Crippen molar-refractivity contribution in [1.82, 2.24) is 0 Å². The molecule has 0 aliphatic heterocycles. The highest BCUT2D eigenvalue weighted by molar-refractivity contribution is 6.39. The highest BCUT2D eigenvalue weighted by atomic mass is 35.5. The maximum atomic E-state index is 12.9. The Morgan fingerprint density at radius 2 is 1.71 bits per heavy atom. The van der Waals surface area contributed by atoms with E-state index in [2.05, 4.69) is 5.32 Å². The fourth-order valence-corrected chi connectivity index (χ4v) is 1.77. The van der Waals surface area contributed by atoms with Crippen molar-refractivity contribution >= 4 is 28.9 Å². The molecule has 0 saturated carbocycles. The third kappa shape index (κ3) is 3.71. The summed E-state index contributed by atoms with van der Waals surface area (Å²) in [5.74, 6) is -0.516. The third-order valence-electron chi connectivity index (χ3n) is 2.46. The number of nitrogens with one attached hydrogen (secondary N) is 1. The molecular formula is C11H14Cl2FNO2. The van der Waals surface area contributed by atoms with E-state index in [1.165, 1.54) is 0 Å². The Hall–Kier alpha value is -0.550. The number of rotatable bonds is 5. The average molecular weight is 282 g/mol. The zero-order valence-electron chi connectivity index (χ0n) is 9.30. The van der Waals surface area contributed by atoms with Crippen molar-refractivity contribution in [2.75, 3.05) is 25.1 Å². The highest BCUT2D eigenvalue weighted by Gasteiger charge is 2.23. The Morgan fingerprint density at radius 1 is 1.24 bits per heavy atom. The molecule has 0 spiro atoms. The van der Waals surface area contributed by atoms with Crippen LogP contribution in [-0.2, 0) is 0 Å². The standard InChI is InChI=1S/C11H14Cl2FNO2/c1-11(5-16,6-17)4-15-10-8(12)2-7(14)3-9(10)13/h2-3,15-17H,4-6H2,1H3. The first-order valence-corrected chi connectivity index (χ1v) is 5.77. The molecule has 3 N–H and O–H groups in total. The Morgan fingerprint density at radius 3 is 2.12 bits per heavy atom. The van der Waals surface area contributed by atoms with Crippen LogP contribution in [0.5, 0.6) is 0 Å². The maximum absolute atomic E-state index is 12.9. The number of halogens is 3. The Kier molecular flexibility index (Phi) is 5.01. The van der Waals surface area contributed by atoms with Crippen molar-refractivity contribution in [3.8, 4) is 0 Å². The average Bonchev–Trinajstić information content (AvgIpc) is 2.27. The third-order valence-corrected chi connectivity index (χ3v) is 3.06. The number of hydrogen-bond acceptors (Lipinski definition) is 3. The lowest BCUT2D eigenvalue weighted by Gasteiger charge is -2.26. The van der Waals surface area contributed by atoms with Crippen LogP contribution in [0.25, 0.3) is 0 Å². The van der Waals surface area contributed by atoms with Gasteiger partial charge >= 0.3 is 0 Å². The van der Waals surface area contributed by atoms with Crippen molar-refractivity contribution in [1.29, 1.82) is 0 Å². The first-order valence-electron chi connectivity index (χ1n) is 5.02. The van der Waals surface area contributed by atoms with Crippen LogP contribution in [0.15, 0.2) is 12.1 Å². The normalized spacial score (nSPS) is 11.6. The van der Waals surface area contributed by atoms with Crippen LogP contribution >= 0.6 is 23.2 Å². The second kappa shape index (κ2) is 5.87. The fourth-order valence-electron chi connectivity index (χ4n) is 1.17. The second-order valence-corrected chi connectivity index (χ2v) is 5.04. The van der Waals surface area contributed by atoms with Crippen molar-refractivity contribution in [2.24, 2.45) is 5.41 Å². The first-order chi connectivity index (χ1) is 7.91. The fraction of sp³-hybridized carbons (Fsp3) is 0.455. The smallest absolute Gasteiger partial charge is 0.126 e. The van der Waals surface area contributed by atoms with E-state index in [0.29, 0.717) is 5.69 Å². The number of aliphatic hydroxyl groups excluding tert-OH is 2. The summed E-state index contributed by atoms with van der Waals surface area (Å²) < 4.78 is 12.9. The van der Waals surface area contributed by atoms with Gasteiger partial charge in [-0.3, -0.25) is 0 Å². The van der Waals surface area contributed by atoms with Gasteiger partial charge in [-0.2, -0.15) is 0 Å². The minimum Gasteiger partial charge on any atom is -0.396 e. The molecule has 0 saturated heterocycles. The predicted octanol–water partition coefficient (Wildman–Crippen LogP) is 2.54. The summed E-state index contributed by atoms with van der Waals surface area (Å²) in [5.41, 5.74) is -0.302. The van der Waals surface area contributed by atoms with Crippen molar-refractivity contribution in [3.05, 3.63) is 28.0 Å². The van der Waals surface area contributed by atoms with E-state index in [9.17, 15) is 4.39 Å². The van der Waals surface area contributed by atoms with Gasteiger partial charge in [0.05, 0.1) is 28.9 Å². The van der Waals surface area contributed by atoms with E-state index in [0.717, 1.165) is 12.1 Å². The molecule has 0 amide bonds. The molecule has 1 rings (SSSR count). The second-order valence-electron chi connectivity index (χ2n) is 4.22. The van der Waals surface area contributed by atoms with Gasteiger partial charge in [-0.25, -0.2) is 4.39 Å². The minimum atomic E-state index is -0.693. The summed E-state index contributed by atoms with van der Waals surface area (Å²) in [6.07, 6.45) is 0. The summed E-state index contributed by atoms with van der Waals surface area (Å²) in [5, 5.41) is 21.5. The Labute approximate surface area is 109 Å². The SMILES string of the molecule is CC(CO)(CO)CNc1c(Cl)cc(F)cc1Cl. The van der Waals surface area contributed by atoms with Crippen LogP contribution in [0, 0.1) is 11.2 Å². The van der Waals surface area contributed by atoms with E-state index in [4.69, 9.17) is 33.4 Å². The highest BCUT2D eigenvalue weighted by Crippen LogP contribution is 2.32. The quantitative estimate of drug-likeness (QED) is 0.778. The number of hydrogen-bond donors (Lipinski definition) is 3. The summed E-state index contributed by atoms with van der Waals surface area (Å²) in [4.78, 5) is 0. The molecule has 96 valence electrons. The molecule has 0 atom stereocenters. The van der Waals surface area contributed by atoms with E-state index in [1.54, 1.807) is 6.92 Å². The van der Waals surface area contributed by atoms with Crippen LogP contribution in [0.4, 0.5) is 10.1 Å². The molecule has 3 nitrogen and oxygen atoms in total. The molecule has 0 fully saturated rings. The lowest BCUT2D eigenvalue weighted by Crippen LogP contribution is -2.34. The molecule has 0 radical (unpaired) electrons. The lowest BCUT2D eigenvalue weighted by atomic mass is 9.93. The largest absolute Gasteiger partial charge is 0.396 e. The first kappa shape index (κ1) is 14.5. The number of anilines is 1. The molecule has 0 bridgehead atoms. The molecule has 1 aromatic rings. The van der Waals surface area contributed by atoms with Gasteiger partial charge in [0.25, 0.3) is 0 Å².